The number of halogens is 3. The first-order valence-corrected chi connectivity index (χ1v) is 7.24. The van der Waals surface area contributed by atoms with Gasteiger partial charge in [0.05, 0.1) is 12.3 Å². The van der Waals surface area contributed by atoms with Gasteiger partial charge in [0, 0.05) is 31.8 Å². The van der Waals surface area contributed by atoms with Crippen LogP contribution >= 0.6 is 0 Å². The third-order valence-electron chi connectivity index (χ3n) is 3.58. The highest BCUT2D eigenvalue weighted by molar-refractivity contribution is 5.89. The lowest BCUT2D eigenvalue weighted by molar-refractivity contribution is -0.140. The average Bonchev–Trinajstić information content (AvgIpc) is 3.11. The van der Waals surface area contributed by atoms with Crippen LogP contribution in [-0.4, -0.2) is 22.4 Å². The maximum Gasteiger partial charge on any atom is 0.437 e. The Morgan fingerprint density at radius 1 is 1.42 bits per heavy atom. The van der Waals surface area contributed by atoms with E-state index in [4.69, 9.17) is 4.74 Å². The summed E-state index contributed by atoms with van der Waals surface area (Å²) in [6.07, 6.45) is -2.73. The Kier molecular flexibility index (Phi) is 4.08. The van der Waals surface area contributed by atoms with Gasteiger partial charge in [0.1, 0.15) is 5.75 Å². The van der Waals surface area contributed by atoms with Crippen LogP contribution in [0.3, 0.4) is 0 Å². The number of alkyl halides is 3. The van der Waals surface area contributed by atoms with E-state index in [0.29, 0.717) is 6.61 Å². The van der Waals surface area contributed by atoms with Crippen molar-refractivity contribution in [2.45, 2.75) is 19.1 Å². The van der Waals surface area contributed by atoms with Gasteiger partial charge in [0.15, 0.2) is 5.69 Å². The fourth-order valence-electron chi connectivity index (χ4n) is 2.55. The average molecular weight is 340 g/mol. The number of ether oxygens (including phenoxy) is 1. The molecule has 0 radical (unpaired) electrons. The van der Waals surface area contributed by atoms with E-state index in [0.717, 1.165) is 34.2 Å². The number of nitrogens with one attached hydrogen (secondary N) is 2. The topological polar surface area (TPSA) is 68.2 Å². The zero-order chi connectivity index (χ0) is 17.3. The van der Waals surface area contributed by atoms with E-state index in [1.165, 1.54) is 7.05 Å². The van der Waals surface area contributed by atoms with Crippen molar-refractivity contribution in [2.75, 3.05) is 11.9 Å². The Morgan fingerprint density at radius 2 is 2.21 bits per heavy atom. The number of hydrogen-bond donors (Lipinski definition) is 2. The summed E-state index contributed by atoms with van der Waals surface area (Å²) in [5.74, 6) is 0.732. The molecule has 1 aliphatic heterocycles. The smallest absolute Gasteiger partial charge is 0.437 e. The molecule has 3 rings (SSSR count). The molecule has 0 saturated carbocycles. The van der Waals surface area contributed by atoms with E-state index < -0.39 is 23.6 Å². The van der Waals surface area contributed by atoms with Gasteiger partial charge in [-0.05, 0) is 5.56 Å². The predicted octanol–water partition coefficient (Wildman–Crippen LogP) is 2.70. The first-order valence-electron chi connectivity index (χ1n) is 7.24. The number of hydrogen-bond acceptors (Lipinski definition) is 3. The molecule has 0 unspecified atom stereocenters. The van der Waals surface area contributed by atoms with Crippen molar-refractivity contribution >= 4 is 11.7 Å². The van der Waals surface area contributed by atoms with Gasteiger partial charge in [-0.25, -0.2) is 4.79 Å². The SMILES string of the molecule is Cn1cc(NC(=O)NCc2cccc3c2OCC3)c(C(F)(F)F)n1. The van der Waals surface area contributed by atoms with Gasteiger partial charge in [-0.3, -0.25) is 4.68 Å². The summed E-state index contributed by atoms with van der Waals surface area (Å²) in [5, 5.41) is 8.04. The highest BCUT2D eigenvalue weighted by Crippen LogP contribution is 2.33. The largest absolute Gasteiger partial charge is 0.493 e. The predicted molar refractivity (Wildman–Crippen MR) is 79.7 cm³/mol. The Morgan fingerprint density at radius 3 is 2.96 bits per heavy atom. The van der Waals surface area contributed by atoms with Crippen LogP contribution in [0.15, 0.2) is 24.4 Å². The molecule has 0 aliphatic carbocycles. The fraction of sp³-hybridized carbons (Fsp3) is 0.333. The third kappa shape index (κ3) is 3.29. The van der Waals surface area contributed by atoms with Crippen molar-refractivity contribution in [3.05, 3.63) is 41.2 Å². The fourth-order valence-corrected chi connectivity index (χ4v) is 2.55. The lowest BCUT2D eigenvalue weighted by atomic mass is 10.1. The zero-order valence-corrected chi connectivity index (χ0v) is 12.8. The second kappa shape index (κ2) is 6.06. The molecule has 2 aromatic rings. The summed E-state index contributed by atoms with van der Waals surface area (Å²) in [6, 6.07) is 4.85. The van der Waals surface area contributed by atoms with Crippen LogP contribution in [0.1, 0.15) is 16.8 Å². The molecule has 1 aromatic carbocycles. The minimum absolute atomic E-state index is 0.149. The molecule has 0 bridgehead atoms. The van der Waals surface area contributed by atoms with Gasteiger partial charge in [-0.15, -0.1) is 0 Å². The van der Waals surface area contributed by atoms with E-state index in [9.17, 15) is 18.0 Å². The molecule has 2 N–H and O–H groups in total. The summed E-state index contributed by atoms with van der Waals surface area (Å²) in [6.45, 7) is 0.736. The summed E-state index contributed by atoms with van der Waals surface area (Å²) in [5.41, 5.74) is 0.310. The quantitative estimate of drug-likeness (QED) is 0.903. The molecular formula is C15H15F3N4O2. The molecule has 6 nitrogen and oxygen atoms in total. The van der Waals surface area contributed by atoms with Gasteiger partial charge in [-0.2, -0.15) is 18.3 Å². The van der Waals surface area contributed by atoms with Crippen molar-refractivity contribution in [1.82, 2.24) is 15.1 Å². The summed E-state index contributed by atoms with van der Waals surface area (Å²) in [4.78, 5) is 11.9. The molecule has 2 heterocycles. The molecule has 0 spiro atoms. The van der Waals surface area contributed by atoms with Crippen LogP contribution in [0.2, 0.25) is 0 Å². The Labute approximate surface area is 135 Å². The normalized spacial score (nSPS) is 13.3. The van der Waals surface area contributed by atoms with Crippen LogP contribution < -0.4 is 15.4 Å². The van der Waals surface area contributed by atoms with Gasteiger partial charge < -0.3 is 15.4 Å². The van der Waals surface area contributed by atoms with Gasteiger partial charge in [0.25, 0.3) is 0 Å². The number of amides is 2. The lowest BCUT2D eigenvalue weighted by Gasteiger charge is -2.11. The second-order valence-corrected chi connectivity index (χ2v) is 5.37. The number of aryl methyl sites for hydroxylation is 1. The first kappa shape index (κ1) is 16.2. The Balaban J connectivity index is 1.66. The number of fused-ring (bicyclic) bond motifs is 1. The number of para-hydroxylation sites is 1. The second-order valence-electron chi connectivity index (χ2n) is 5.37. The van der Waals surface area contributed by atoms with E-state index in [1.54, 1.807) is 6.07 Å². The number of benzene rings is 1. The van der Waals surface area contributed by atoms with Crippen LogP contribution in [0.25, 0.3) is 0 Å². The minimum atomic E-state index is -4.64. The number of rotatable bonds is 3. The van der Waals surface area contributed by atoms with Crippen LogP contribution in [0.5, 0.6) is 5.75 Å². The number of carbonyl (C=O) groups is 1. The van der Waals surface area contributed by atoms with E-state index in [1.807, 2.05) is 12.1 Å². The van der Waals surface area contributed by atoms with E-state index in [2.05, 4.69) is 15.7 Å². The van der Waals surface area contributed by atoms with Crippen LogP contribution in [0, 0.1) is 0 Å². The highest BCUT2D eigenvalue weighted by atomic mass is 19.4. The first-order chi connectivity index (χ1) is 11.3. The summed E-state index contributed by atoms with van der Waals surface area (Å²) in [7, 11) is 1.35. The van der Waals surface area contributed by atoms with Crippen molar-refractivity contribution in [1.29, 1.82) is 0 Å². The molecule has 0 saturated heterocycles. The van der Waals surface area contributed by atoms with Crippen molar-refractivity contribution in [3.8, 4) is 5.75 Å². The van der Waals surface area contributed by atoms with Gasteiger partial charge in [-0.1, -0.05) is 18.2 Å². The maximum absolute atomic E-state index is 12.8. The van der Waals surface area contributed by atoms with E-state index >= 15 is 0 Å². The summed E-state index contributed by atoms with van der Waals surface area (Å²) < 4.78 is 45.1. The Hall–Kier alpha value is -2.71. The van der Waals surface area contributed by atoms with Crippen molar-refractivity contribution in [3.63, 3.8) is 0 Å². The number of urea groups is 1. The number of carbonyl (C=O) groups excluding carboxylic acids is 1. The standard InChI is InChI=1S/C15H15F3N4O2/c1-22-8-11(13(21-22)15(16,17)18)20-14(23)19-7-10-4-2-3-9-5-6-24-12(9)10/h2-4,8H,5-7H2,1H3,(H2,19,20,23). The van der Waals surface area contributed by atoms with Crippen LogP contribution in [0.4, 0.5) is 23.7 Å². The third-order valence-corrected chi connectivity index (χ3v) is 3.58. The van der Waals surface area contributed by atoms with Crippen molar-refractivity contribution < 1.29 is 22.7 Å². The molecule has 1 aromatic heterocycles. The molecule has 0 fully saturated rings. The monoisotopic (exact) mass is 340 g/mol. The Bertz CT molecular complexity index is 771. The molecule has 24 heavy (non-hydrogen) atoms. The number of nitrogens with zero attached hydrogens (tertiary/aromatic N) is 2. The molecule has 1 aliphatic rings. The zero-order valence-electron chi connectivity index (χ0n) is 12.8. The van der Waals surface area contributed by atoms with Gasteiger partial charge in [0.2, 0.25) is 0 Å². The number of aromatic nitrogens is 2. The van der Waals surface area contributed by atoms with Gasteiger partial charge >= 0.3 is 12.2 Å². The summed E-state index contributed by atoms with van der Waals surface area (Å²) >= 11 is 0. The molecule has 9 heteroatoms. The van der Waals surface area contributed by atoms with E-state index in [-0.39, 0.29) is 6.54 Å². The molecule has 128 valence electrons. The molecular weight excluding hydrogens is 325 g/mol. The van der Waals surface area contributed by atoms with Crippen molar-refractivity contribution in [2.24, 2.45) is 7.05 Å². The molecule has 2 amide bonds. The van der Waals surface area contributed by atoms with Crippen LogP contribution in [-0.2, 0) is 26.2 Å². The number of anilines is 1. The maximum atomic E-state index is 12.8. The molecule has 0 atom stereocenters. The highest BCUT2D eigenvalue weighted by Gasteiger charge is 2.37. The lowest BCUT2D eigenvalue weighted by Crippen LogP contribution is -2.29. The minimum Gasteiger partial charge on any atom is -0.493 e.